The van der Waals surface area contributed by atoms with Crippen LogP contribution in [0.4, 0.5) is 5.00 Å². The molecule has 0 aliphatic carbocycles. The van der Waals surface area contributed by atoms with E-state index in [1.54, 1.807) is 6.07 Å². The second-order valence-corrected chi connectivity index (χ2v) is 4.73. The first-order chi connectivity index (χ1) is 8.63. The normalized spacial score (nSPS) is 10.7. The molecule has 98 valence electrons. The van der Waals surface area contributed by atoms with Crippen LogP contribution >= 0.6 is 11.3 Å². The zero-order valence-corrected chi connectivity index (χ0v) is 10.9. The van der Waals surface area contributed by atoms with Crippen LogP contribution in [0.15, 0.2) is 18.2 Å². The number of unbranched alkanes of at least 4 members (excludes halogenated alkanes) is 2. The van der Waals surface area contributed by atoms with Gasteiger partial charge in [0.25, 0.3) is 0 Å². The molecule has 0 atom stereocenters. The van der Waals surface area contributed by atoms with Crippen LogP contribution in [0.3, 0.4) is 0 Å². The van der Waals surface area contributed by atoms with E-state index in [0.717, 1.165) is 30.6 Å². The summed E-state index contributed by atoms with van der Waals surface area (Å²) in [5.74, 6) is -0.415. The number of thiophene rings is 1. The van der Waals surface area contributed by atoms with Crippen LogP contribution < -0.4 is 0 Å². The summed E-state index contributed by atoms with van der Waals surface area (Å²) in [5.41, 5.74) is 0. The zero-order valence-electron chi connectivity index (χ0n) is 10.1. The predicted molar refractivity (Wildman–Crippen MR) is 70.5 cm³/mol. The van der Waals surface area contributed by atoms with E-state index in [0.29, 0.717) is 11.5 Å². The Hall–Kier alpha value is -1.69. The Kier molecular flexibility index (Phi) is 6.07. The van der Waals surface area contributed by atoms with E-state index < -0.39 is 10.9 Å². The van der Waals surface area contributed by atoms with Crippen LogP contribution in [0.5, 0.6) is 0 Å². The number of nitro groups is 1. The van der Waals surface area contributed by atoms with Gasteiger partial charge in [0.15, 0.2) is 0 Å². The molecule has 0 unspecified atom stereocenters. The molecule has 0 spiro atoms. The van der Waals surface area contributed by atoms with Crippen molar-refractivity contribution in [2.45, 2.75) is 26.2 Å². The maximum Gasteiger partial charge on any atom is 0.330 e. The van der Waals surface area contributed by atoms with Crippen molar-refractivity contribution >= 4 is 28.4 Å². The average Bonchev–Trinajstić information content (AvgIpc) is 2.81. The molecule has 0 fully saturated rings. The maximum absolute atomic E-state index is 11.3. The summed E-state index contributed by atoms with van der Waals surface area (Å²) < 4.78 is 4.97. The third kappa shape index (κ3) is 5.09. The number of ether oxygens (including phenoxy) is 1. The molecule has 1 rings (SSSR count). The summed E-state index contributed by atoms with van der Waals surface area (Å²) in [4.78, 5) is 21.9. The second-order valence-electron chi connectivity index (χ2n) is 3.64. The Morgan fingerprint density at radius 1 is 1.50 bits per heavy atom. The van der Waals surface area contributed by atoms with Crippen molar-refractivity contribution < 1.29 is 14.5 Å². The molecule has 0 amide bonds. The van der Waals surface area contributed by atoms with Crippen molar-refractivity contribution in [3.63, 3.8) is 0 Å². The lowest BCUT2D eigenvalue weighted by molar-refractivity contribution is -0.380. The van der Waals surface area contributed by atoms with E-state index in [1.165, 1.54) is 18.2 Å². The highest BCUT2D eigenvalue weighted by atomic mass is 32.1. The third-order valence-corrected chi connectivity index (χ3v) is 3.17. The molecular weight excluding hydrogens is 254 g/mol. The molecule has 0 radical (unpaired) electrons. The van der Waals surface area contributed by atoms with Crippen LogP contribution in [0, 0.1) is 10.1 Å². The molecule has 1 aromatic heterocycles. The van der Waals surface area contributed by atoms with Gasteiger partial charge in [0, 0.05) is 17.0 Å². The quantitative estimate of drug-likeness (QED) is 0.250. The van der Waals surface area contributed by atoms with Gasteiger partial charge in [0.2, 0.25) is 0 Å². The van der Waals surface area contributed by atoms with Crippen LogP contribution in [-0.4, -0.2) is 17.5 Å². The SMILES string of the molecule is CCCCCOC(=O)C=Cc1ccc([N+](=O)[O-])s1. The summed E-state index contributed by atoms with van der Waals surface area (Å²) in [7, 11) is 0. The van der Waals surface area contributed by atoms with Gasteiger partial charge in [-0.25, -0.2) is 4.79 Å². The van der Waals surface area contributed by atoms with Gasteiger partial charge in [-0.2, -0.15) is 0 Å². The Morgan fingerprint density at radius 3 is 2.89 bits per heavy atom. The smallest absolute Gasteiger partial charge is 0.330 e. The zero-order chi connectivity index (χ0) is 13.4. The Labute approximate surface area is 109 Å². The number of carbonyl (C=O) groups is 1. The standard InChI is InChI=1S/C12H15NO4S/c1-2-3-4-9-17-12(14)8-6-10-5-7-11(18-10)13(15)16/h5-8H,2-4,9H2,1H3. The maximum atomic E-state index is 11.3. The lowest BCUT2D eigenvalue weighted by Gasteiger charge is -1.99. The monoisotopic (exact) mass is 269 g/mol. The van der Waals surface area contributed by atoms with Crippen molar-refractivity contribution in [2.75, 3.05) is 6.61 Å². The van der Waals surface area contributed by atoms with Gasteiger partial charge >= 0.3 is 11.0 Å². The lowest BCUT2D eigenvalue weighted by Crippen LogP contribution is -2.01. The fourth-order valence-electron chi connectivity index (χ4n) is 1.25. The molecule has 0 aromatic carbocycles. The van der Waals surface area contributed by atoms with Crippen molar-refractivity contribution in [1.82, 2.24) is 0 Å². The number of carbonyl (C=O) groups excluding carboxylic acids is 1. The number of hydrogen-bond donors (Lipinski definition) is 0. The van der Waals surface area contributed by atoms with Crippen molar-refractivity contribution in [2.24, 2.45) is 0 Å². The largest absolute Gasteiger partial charge is 0.463 e. The summed E-state index contributed by atoms with van der Waals surface area (Å²) in [6.45, 7) is 2.49. The minimum atomic E-state index is -0.453. The molecule has 5 nitrogen and oxygen atoms in total. The first-order valence-electron chi connectivity index (χ1n) is 5.72. The Bertz CT molecular complexity index is 439. The summed E-state index contributed by atoms with van der Waals surface area (Å²) >= 11 is 1.02. The first kappa shape index (κ1) is 14.4. The molecule has 1 aromatic rings. The Morgan fingerprint density at radius 2 is 2.28 bits per heavy atom. The highest BCUT2D eigenvalue weighted by molar-refractivity contribution is 7.16. The average molecular weight is 269 g/mol. The molecule has 0 aliphatic rings. The predicted octanol–water partition coefficient (Wildman–Crippen LogP) is 3.40. The summed E-state index contributed by atoms with van der Waals surface area (Å²) in [6, 6.07) is 3.01. The lowest BCUT2D eigenvalue weighted by atomic mass is 10.3. The molecule has 1 heterocycles. The minimum absolute atomic E-state index is 0.0611. The van der Waals surface area contributed by atoms with Crippen LogP contribution in [0.2, 0.25) is 0 Å². The molecule has 0 N–H and O–H groups in total. The van der Waals surface area contributed by atoms with E-state index in [1.807, 2.05) is 0 Å². The first-order valence-corrected chi connectivity index (χ1v) is 6.54. The van der Waals surface area contributed by atoms with E-state index in [2.05, 4.69) is 6.92 Å². The van der Waals surface area contributed by atoms with Crippen molar-refractivity contribution in [3.05, 3.63) is 33.2 Å². The van der Waals surface area contributed by atoms with E-state index in [4.69, 9.17) is 4.74 Å². The van der Waals surface area contributed by atoms with Crippen LogP contribution in [0.1, 0.15) is 31.1 Å². The topological polar surface area (TPSA) is 69.4 Å². The van der Waals surface area contributed by atoms with Gasteiger partial charge < -0.3 is 4.74 Å². The van der Waals surface area contributed by atoms with Crippen molar-refractivity contribution in [1.29, 1.82) is 0 Å². The van der Waals surface area contributed by atoms with Crippen LogP contribution in [0.25, 0.3) is 6.08 Å². The number of rotatable bonds is 7. The highest BCUT2D eigenvalue weighted by Crippen LogP contribution is 2.24. The van der Waals surface area contributed by atoms with E-state index in [9.17, 15) is 14.9 Å². The molecule has 18 heavy (non-hydrogen) atoms. The molecule has 0 saturated carbocycles. The van der Waals surface area contributed by atoms with Gasteiger partial charge in [-0.1, -0.05) is 31.1 Å². The third-order valence-electron chi connectivity index (χ3n) is 2.17. The highest BCUT2D eigenvalue weighted by Gasteiger charge is 2.07. The molecule has 6 heteroatoms. The minimum Gasteiger partial charge on any atom is -0.463 e. The number of esters is 1. The van der Waals surface area contributed by atoms with Gasteiger partial charge in [0.1, 0.15) is 0 Å². The van der Waals surface area contributed by atoms with E-state index in [-0.39, 0.29) is 5.00 Å². The molecular formula is C12H15NO4S. The number of nitrogens with zero attached hydrogens (tertiary/aromatic N) is 1. The van der Waals surface area contributed by atoms with Gasteiger partial charge in [-0.3, -0.25) is 10.1 Å². The van der Waals surface area contributed by atoms with E-state index >= 15 is 0 Å². The fourth-order valence-corrected chi connectivity index (χ4v) is 1.98. The molecule has 0 aliphatic heterocycles. The second kappa shape index (κ2) is 7.60. The summed E-state index contributed by atoms with van der Waals surface area (Å²) in [5, 5.41) is 10.5. The Balaban J connectivity index is 2.38. The van der Waals surface area contributed by atoms with Gasteiger partial charge in [-0.15, -0.1) is 0 Å². The number of hydrogen-bond acceptors (Lipinski definition) is 5. The molecule has 0 saturated heterocycles. The fraction of sp³-hybridized carbons (Fsp3) is 0.417. The molecule has 0 bridgehead atoms. The van der Waals surface area contributed by atoms with Crippen molar-refractivity contribution in [3.8, 4) is 0 Å². The van der Waals surface area contributed by atoms with Crippen LogP contribution in [-0.2, 0) is 9.53 Å². The van der Waals surface area contributed by atoms with Gasteiger partial charge in [0.05, 0.1) is 11.5 Å². The van der Waals surface area contributed by atoms with Gasteiger partial charge in [-0.05, 0) is 18.6 Å². The summed E-state index contributed by atoms with van der Waals surface area (Å²) in [6.07, 6.45) is 5.79.